The van der Waals surface area contributed by atoms with Gasteiger partial charge < -0.3 is 5.73 Å². The molecule has 0 saturated carbocycles. The summed E-state index contributed by atoms with van der Waals surface area (Å²) in [5.74, 6) is -1.19. The highest BCUT2D eigenvalue weighted by molar-refractivity contribution is 5.43. The Morgan fingerprint density at radius 2 is 2.00 bits per heavy atom. The average Bonchev–Trinajstić information content (AvgIpc) is 2.69. The van der Waals surface area contributed by atoms with Crippen LogP contribution in [0.1, 0.15) is 18.2 Å². The van der Waals surface area contributed by atoms with Crippen LogP contribution in [0.2, 0.25) is 0 Å². The van der Waals surface area contributed by atoms with Crippen LogP contribution in [0, 0.1) is 5.82 Å². The lowest BCUT2D eigenvalue weighted by Gasteiger charge is -2.11. The van der Waals surface area contributed by atoms with E-state index in [1.807, 2.05) is 0 Å². The van der Waals surface area contributed by atoms with Crippen molar-refractivity contribution in [3.63, 3.8) is 0 Å². The number of nitrogen functional groups attached to an aromatic ring is 1. The molecule has 2 N–H and O–H groups in total. The fourth-order valence-corrected chi connectivity index (χ4v) is 1.71. The molecule has 0 radical (unpaired) electrons. The zero-order valence-electron chi connectivity index (χ0n) is 9.87. The Balaban J connectivity index is 2.58. The lowest BCUT2D eigenvalue weighted by atomic mass is 10.1. The van der Waals surface area contributed by atoms with Crippen molar-refractivity contribution in [1.29, 1.82) is 0 Å². The number of nitrogens with two attached hydrogens (primary N) is 1. The second-order valence-electron chi connectivity index (χ2n) is 3.85. The topological polar surface area (TPSA) is 56.7 Å². The van der Waals surface area contributed by atoms with Crippen molar-refractivity contribution in [2.45, 2.75) is 19.5 Å². The molecule has 0 aliphatic heterocycles. The summed E-state index contributed by atoms with van der Waals surface area (Å²) in [6, 6.07) is 2.62. The Kier molecular flexibility index (Phi) is 3.17. The molecule has 102 valence electrons. The summed E-state index contributed by atoms with van der Waals surface area (Å²) in [5.41, 5.74) is 4.74. The zero-order valence-corrected chi connectivity index (χ0v) is 9.87. The van der Waals surface area contributed by atoms with Crippen LogP contribution in [0.25, 0.3) is 5.69 Å². The molecule has 0 aliphatic carbocycles. The fourth-order valence-electron chi connectivity index (χ4n) is 1.71. The van der Waals surface area contributed by atoms with Crippen molar-refractivity contribution in [2.75, 3.05) is 5.73 Å². The van der Waals surface area contributed by atoms with Gasteiger partial charge in [0.25, 0.3) is 0 Å². The Morgan fingerprint density at radius 3 is 2.58 bits per heavy atom. The average molecular weight is 274 g/mol. The first-order chi connectivity index (χ1) is 8.84. The molecule has 2 rings (SSSR count). The molecule has 8 heteroatoms. The van der Waals surface area contributed by atoms with Gasteiger partial charge in [-0.05, 0) is 24.6 Å². The highest BCUT2D eigenvalue weighted by atomic mass is 19.4. The Labute approximate surface area is 105 Å². The summed E-state index contributed by atoms with van der Waals surface area (Å²) >= 11 is 0. The summed E-state index contributed by atoms with van der Waals surface area (Å²) in [6.07, 6.45) is -4.32. The van der Waals surface area contributed by atoms with Crippen LogP contribution in [-0.4, -0.2) is 15.0 Å². The summed E-state index contributed by atoms with van der Waals surface area (Å²) in [5, 5.41) is 7.26. The van der Waals surface area contributed by atoms with E-state index in [1.54, 1.807) is 6.92 Å². The van der Waals surface area contributed by atoms with E-state index in [2.05, 4.69) is 10.3 Å². The van der Waals surface area contributed by atoms with E-state index < -0.39 is 17.6 Å². The molecular weight excluding hydrogens is 264 g/mol. The second kappa shape index (κ2) is 4.52. The van der Waals surface area contributed by atoms with E-state index in [0.29, 0.717) is 18.2 Å². The maximum atomic E-state index is 13.2. The van der Waals surface area contributed by atoms with E-state index in [4.69, 9.17) is 5.73 Å². The third-order valence-corrected chi connectivity index (χ3v) is 2.63. The van der Waals surface area contributed by atoms with Gasteiger partial charge in [-0.1, -0.05) is 12.1 Å². The van der Waals surface area contributed by atoms with Gasteiger partial charge >= 0.3 is 6.18 Å². The third kappa shape index (κ3) is 2.38. The van der Waals surface area contributed by atoms with Gasteiger partial charge in [-0.25, -0.2) is 9.07 Å². The number of benzene rings is 1. The second-order valence-corrected chi connectivity index (χ2v) is 3.85. The molecule has 0 amide bonds. The lowest BCUT2D eigenvalue weighted by Crippen LogP contribution is -2.10. The van der Waals surface area contributed by atoms with Crippen molar-refractivity contribution in [2.24, 2.45) is 0 Å². The molecule has 2 aromatic rings. The normalized spacial score (nSPS) is 11.8. The Hall–Kier alpha value is -2.12. The van der Waals surface area contributed by atoms with Crippen molar-refractivity contribution in [3.8, 4) is 5.69 Å². The van der Waals surface area contributed by atoms with Gasteiger partial charge in [0.1, 0.15) is 5.82 Å². The smallest absolute Gasteiger partial charge is 0.381 e. The van der Waals surface area contributed by atoms with Gasteiger partial charge in [-0.2, -0.15) is 13.2 Å². The SMILES string of the molecule is CCc1c(N)nnn1-c1ccc(F)c(C(F)(F)F)c1. The largest absolute Gasteiger partial charge is 0.419 e. The minimum atomic E-state index is -4.77. The molecule has 0 aliphatic rings. The van der Waals surface area contributed by atoms with Crippen molar-refractivity contribution in [3.05, 3.63) is 35.3 Å². The maximum absolute atomic E-state index is 13.2. The van der Waals surface area contributed by atoms with Crippen molar-refractivity contribution in [1.82, 2.24) is 15.0 Å². The highest BCUT2D eigenvalue weighted by Gasteiger charge is 2.34. The molecule has 1 heterocycles. The molecule has 0 saturated heterocycles. The number of hydrogen-bond donors (Lipinski definition) is 1. The molecule has 1 aromatic heterocycles. The predicted octanol–water partition coefficient (Wildman–Crippen LogP) is 2.57. The number of anilines is 1. The molecule has 0 bridgehead atoms. The van der Waals surface area contributed by atoms with Crippen LogP contribution < -0.4 is 5.73 Å². The van der Waals surface area contributed by atoms with E-state index in [9.17, 15) is 17.6 Å². The van der Waals surface area contributed by atoms with E-state index in [-0.39, 0.29) is 11.5 Å². The van der Waals surface area contributed by atoms with Crippen LogP contribution in [-0.2, 0) is 12.6 Å². The molecule has 0 atom stereocenters. The molecule has 4 nitrogen and oxygen atoms in total. The summed E-state index contributed by atoms with van der Waals surface area (Å²) in [4.78, 5) is 0. The van der Waals surface area contributed by atoms with Crippen molar-refractivity contribution >= 4 is 5.82 Å². The van der Waals surface area contributed by atoms with E-state index >= 15 is 0 Å². The molecule has 0 fully saturated rings. The first kappa shape index (κ1) is 13.3. The standard InChI is InChI=1S/C11H10F4N4/c1-2-9-10(16)17-18-19(9)6-3-4-8(12)7(5-6)11(13,14)15/h3-5H,2,16H2,1H3. The number of hydrogen-bond acceptors (Lipinski definition) is 3. The molecule has 19 heavy (non-hydrogen) atoms. The predicted molar refractivity (Wildman–Crippen MR) is 60.1 cm³/mol. The third-order valence-electron chi connectivity index (χ3n) is 2.63. The van der Waals surface area contributed by atoms with Crippen LogP contribution in [0.3, 0.4) is 0 Å². The fraction of sp³-hybridized carbons (Fsp3) is 0.273. The van der Waals surface area contributed by atoms with Gasteiger partial charge in [0.2, 0.25) is 0 Å². The minimum Gasteiger partial charge on any atom is -0.381 e. The Bertz CT molecular complexity index is 603. The number of nitrogens with zero attached hydrogens (tertiary/aromatic N) is 3. The Morgan fingerprint density at radius 1 is 1.32 bits per heavy atom. The minimum absolute atomic E-state index is 0.0646. The van der Waals surface area contributed by atoms with E-state index in [0.717, 1.165) is 6.07 Å². The van der Waals surface area contributed by atoms with Gasteiger partial charge in [0.05, 0.1) is 16.9 Å². The zero-order chi connectivity index (χ0) is 14.2. The quantitative estimate of drug-likeness (QED) is 0.856. The monoisotopic (exact) mass is 274 g/mol. The molecule has 0 unspecified atom stereocenters. The maximum Gasteiger partial charge on any atom is 0.419 e. The van der Waals surface area contributed by atoms with Crippen LogP contribution in [0.5, 0.6) is 0 Å². The van der Waals surface area contributed by atoms with E-state index in [1.165, 1.54) is 10.7 Å². The first-order valence-electron chi connectivity index (χ1n) is 5.41. The number of rotatable bonds is 2. The van der Waals surface area contributed by atoms with Gasteiger partial charge in [0, 0.05) is 0 Å². The summed E-state index contributed by atoms with van der Waals surface area (Å²) < 4.78 is 52.2. The van der Waals surface area contributed by atoms with Gasteiger partial charge in [-0.15, -0.1) is 5.10 Å². The van der Waals surface area contributed by atoms with Crippen LogP contribution >= 0.6 is 0 Å². The molecule has 0 spiro atoms. The van der Waals surface area contributed by atoms with Crippen LogP contribution in [0.15, 0.2) is 18.2 Å². The molecular formula is C11H10F4N4. The van der Waals surface area contributed by atoms with Gasteiger partial charge in [0.15, 0.2) is 5.82 Å². The lowest BCUT2D eigenvalue weighted by molar-refractivity contribution is -0.140. The highest BCUT2D eigenvalue weighted by Crippen LogP contribution is 2.32. The van der Waals surface area contributed by atoms with Crippen LogP contribution in [0.4, 0.5) is 23.4 Å². The summed E-state index contributed by atoms with van der Waals surface area (Å²) in [6.45, 7) is 1.76. The number of aromatic nitrogens is 3. The first-order valence-corrected chi connectivity index (χ1v) is 5.41. The van der Waals surface area contributed by atoms with Gasteiger partial charge in [-0.3, -0.25) is 0 Å². The molecule has 1 aromatic carbocycles. The summed E-state index contributed by atoms with van der Waals surface area (Å²) in [7, 11) is 0. The number of halogens is 4. The number of alkyl halides is 3. The van der Waals surface area contributed by atoms with Crippen molar-refractivity contribution < 1.29 is 17.6 Å².